The number of benzene rings is 1. The minimum atomic E-state index is -0.595. The highest BCUT2D eigenvalue weighted by Crippen LogP contribution is 2.31. The van der Waals surface area contributed by atoms with Crippen molar-refractivity contribution in [2.45, 2.75) is 55.6 Å². The Morgan fingerprint density at radius 1 is 1.23 bits per heavy atom. The van der Waals surface area contributed by atoms with Crippen LogP contribution in [0.3, 0.4) is 0 Å². The number of aliphatic hydroxyl groups excluding tert-OH is 1. The van der Waals surface area contributed by atoms with Gasteiger partial charge in [0.2, 0.25) is 0 Å². The second-order valence-electron chi connectivity index (χ2n) is 7.31. The quantitative estimate of drug-likeness (QED) is 0.806. The number of ether oxygens (including phenoxy) is 1. The van der Waals surface area contributed by atoms with E-state index < -0.39 is 11.4 Å². The number of halogens is 1. The summed E-state index contributed by atoms with van der Waals surface area (Å²) >= 11 is 1.73. The van der Waals surface area contributed by atoms with E-state index in [9.17, 15) is 14.3 Å². The number of aliphatic hydroxyl groups is 1. The first-order valence-electron chi connectivity index (χ1n) is 9.23. The van der Waals surface area contributed by atoms with Crippen molar-refractivity contribution >= 4 is 22.7 Å². The Balaban J connectivity index is 1.50. The Hall–Kier alpha value is -1.60. The van der Waals surface area contributed by atoms with Crippen LogP contribution < -0.4 is 10.3 Å². The third-order valence-corrected chi connectivity index (χ3v) is 6.45. The molecule has 140 valence electrons. The highest BCUT2D eigenvalue weighted by Gasteiger charge is 2.23. The Kier molecular flexibility index (Phi) is 5.18. The summed E-state index contributed by atoms with van der Waals surface area (Å²) in [6.07, 6.45) is 5.73. The van der Waals surface area contributed by atoms with E-state index in [4.69, 9.17) is 4.74 Å². The van der Waals surface area contributed by atoms with Crippen LogP contribution in [0, 0.1) is 11.7 Å². The van der Waals surface area contributed by atoms with Gasteiger partial charge in [-0.05, 0) is 44.4 Å². The van der Waals surface area contributed by atoms with Gasteiger partial charge < -0.3 is 14.8 Å². The molecule has 2 aliphatic carbocycles. The standard InChI is InChI=1S/C19H23FN2O3S/c20-15-7-13(25-9-11-1-2-11)8-16-18(15)19(24)22-17(21-16)10-26-14-5-3-12(23)4-6-14/h7-8,11-12,14,23H,1-6,9-10H2,(H,21,22,24). The zero-order valence-electron chi connectivity index (χ0n) is 14.5. The van der Waals surface area contributed by atoms with Gasteiger partial charge in [-0.25, -0.2) is 9.37 Å². The molecule has 0 saturated heterocycles. The lowest BCUT2D eigenvalue weighted by molar-refractivity contribution is 0.132. The van der Waals surface area contributed by atoms with Crippen LogP contribution in [-0.2, 0) is 5.75 Å². The van der Waals surface area contributed by atoms with Gasteiger partial charge >= 0.3 is 0 Å². The molecule has 7 heteroatoms. The smallest absolute Gasteiger partial charge is 0.261 e. The first kappa shape index (κ1) is 17.8. The van der Waals surface area contributed by atoms with Crippen molar-refractivity contribution in [3.8, 4) is 5.75 Å². The van der Waals surface area contributed by atoms with Gasteiger partial charge in [-0.3, -0.25) is 4.79 Å². The summed E-state index contributed by atoms with van der Waals surface area (Å²) < 4.78 is 20.0. The third kappa shape index (κ3) is 4.20. The lowest BCUT2D eigenvalue weighted by atomic mass is 9.97. The zero-order chi connectivity index (χ0) is 18.1. The van der Waals surface area contributed by atoms with Crippen molar-refractivity contribution < 1.29 is 14.2 Å². The van der Waals surface area contributed by atoms with Gasteiger partial charge in [0.1, 0.15) is 22.8 Å². The van der Waals surface area contributed by atoms with E-state index >= 15 is 0 Å². The average molecular weight is 378 g/mol. The summed E-state index contributed by atoms with van der Waals surface area (Å²) in [5.74, 6) is 1.53. The maximum absolute atomic E-state index is 14.3. The topological polar surface area (TPSA) is 75.2 Å². The molecule has 2 N–H and O–H groups in total. The molecule has 0 unspecified atom stereocenters. The predicted molar refractivity (Wildman–Crippen MR) is 100 cm³/mol. The number of thioether (sulfide) groups is 1. The normalized spacial score (nSPS) is 23.3. The van der Waals surface area contributed by atoms with E-state index in [1.165, 1.54) is 6.07 Å². The van der Waals surface area contributed by atoms with Crippen molar-refractivity contribution in [3.63, 3.8) is 0 Å². The van der Waals surface area contributed by atoms with Crippen molar-refractivity contribution in [1.29, 1.82) is 0 Å². The third-order valence-electron chi connectivity index (χ3n) is 5.07. The summed E-state index contributed by atoms with van der Waals surface area (Å²) in [6.45, 7) is 0.588. The van der Waals surface area contributed by atoms with Gasteiger partial charge in [0, 0.05) is 17.4 Å². The van der Waals surface area contributed by atoms with Gasteiger partial charge in [0.05, 0.1) is 24.0 Å². The fourth-order valence-corrected chi connectivity index (χ4v) is 4.44. The number of fused-ring (bicyclic) bond motifs is 1. The molecule has 2 aliphatic rings. The molecule has 0 atom stereocenters. The summed E-state index contributed by atoms with van der Waals surface area (Å²) in [5.41, 5.74) is -0.106. The van der Waals surface area contributed by atoms with Crippen LogP contribution >= 0.6 is 11.8 Å². The second-order valence-corrected chi connectivity index (χ2v) is 8.60. The van der Waals surface area contributed by atoms with Crippen LogP contribution in [0.5, 0.6) is 5.75 Å². The number of hydrogen-bond acceptors (Lipinski definition) is 5. The fraction of sp³-hybridized carbons (Fsp3) is 0.579. The van der Waals surface area contributed by atoms with E-state index in [1.54, 1.807) is 17.8 Å². The maximum atomic E-state index is 14.3. The molecule has 1 aromatic heterocycles. The monoisotopic (exact) mass is 378 g/mol. The Labute approximate surface area is 155 Å². The number of hydrogen-bond donors (Lipinski definition) is 2. The molecule has 1 heterocycles. The summed E-state index contributed by atoms with van der Waals surface area (Å²) in [6, 6.07) is 2.92. The second kappa shape index (κ2) is 7.56. The Morgan fingerprint density at radius 3 is 2.73 bits per heavy atom. The molecule has 26 heavy (non-hydrogen) atoms. The fourth-order valence-electron chi connectivity index (χ4n) is 3.31. The van der Waals surface area contributed by atoms with Gasteiger partial charge in [0.25, 0.3) is 5.56 Å². The molecule has 0 aliphatic heterocycles. The molecule has 2 aromatic rings. The largest absolute Gasteiger partial charge is 0.493 e. The molecule has 0 spiro atoms. The number of rotatable bonds is 6. The van der Waals surface area contributed by atoms with Crippen molar-refractivity contribution in [3.05, 3.63) is 34.1 Å². The molecule has 4 rings (SSSR count). The number of aromatic nitrogens is 2. The van der Waals surface area contributed by atoms with Crippen LogP contribution in [-0.4, -0.2) is 33.0 Å². The van der Waals surface area contributed by atoms with Crippen molar-refractivity contribution in [2.75, 3.05) is 6.61 Å². The lowest BCUT2D eigenvalue weighted by Gasteiger charge is -2.24. The van der Waals surface area contributed by atoms with Crippen LogP contribution in [0.25, 0.3) is 10.9 Å². The van der Waals surface area contributed by atoms with Gasteiger partial charge in [-0.2, -0.15) is 11.8 Å². The molecule has 5 nitrogen and oxygen atoms in total. The summed E-state index contributed by atoms with van der Waals surface area (Å²) in [4.78, 5) is 19.4. The first-order valence-corrected chi connectivity index (χ1v) is 10.3. The molecule has 2 fully saturated rings. The molecular formula is C19H23FN2O3S. The molecule has 0 bridgehead atoms. The van der Waals surface area contributed by atoms with Crippen LogP contribution in [0.15, 0.2) is 16.9 Å². The van der Waals surface area contributed by atoms with Gasteiger partial charge in [0.15, 0.2) is 0 Å². The van der Waals surface area contributed by atoms with E-state index in [2.05, 4.69) is 9.97 Å². The van der Waals surface area contributed by atoms with E-state index in [-0.39, 0.29) is 11.5 Å². The Bertz CT molecular complexity index is 845. The van der Waals surface area contributed by atoms with Gasteiger partial charge in [-0.1, -0.05) is 0 Å². The van der Waals surface area contributed by atoms with E-state index in [0.717, 1.165) is 38.5 Å². The highest BCUT2D eigenvalue weighted by atomic mass is 32.2. The number of nitrogens with one attached hydrogen (secondary N) is 1. The lowest BCUT2D eigenvalue weighted by Crippen LogP contribution is -2.20. The van der Waals surface area contributed by atoms with Gasteiger partial charge in [-0.15, -0.1) is 0 Å². The molecule has 0 amide bonds. The van der Waals surface area contributed by atoms with E-state index in [1.807, 2.05) is 0 Å². The summed E-state index contributed by atoms with van der Waals surface area (Å²) in [5, 5.41) is 10.0. The first-order chi connectivity index (χ1) is 12.6. The minimum Gasteiger partial charge on any atom is -0.493 e. The Morgan fingerprint density at radius 2 is 2.00 bits per heavy atom. The predicted octanol–water partition coefficient (Wildman–Crippen LogP) is 3.39. The highest BCUT2D eigenvalue weighted by molar-refractivity contribution is 7.99. The zero-order valence-corrected chi connectivity index (χ0v) is 15.4. The maximum Gasteiger partial charge on any atom is 0.261 e. The van der Waals surface area contributed by atoms with Crippen molar-refractivity contribution in [2.24, 2.45) is 5.92 Å². The minimum absolute atomic E-state index is 0.0155. The number of aromatic amines is 1. The summed E-state index contributed by atoms with van der Waals surface area (Å²) in [7, 11) is 0. The molecular weight excluding hydrogens is 355 g/mol. The van der Waals surface area contributed by atoms with Crippen LogP contribution in [0.1, 0.15) is 44.3 Å². The average Bonchev–Trinajstić information content (AvgIpc) is 3.43. The molecule has 1 aromatic carbocycles. The SMILES string of the molecule is O=c1[nH]c(CSC2CCC(O)CC2)nc2cc(OCC3CC3)cc(F)c12. The van der Waals surface area contributed by atoms with Crippen molar-refractivity contribution in [1.82, 2.24) is 9.97 Å². The van der Waals surface area contributed by atoms with Crippen LogP contribution in [0.4, 0.5) is 4.39 Å². The van der Waals surface area contributed by atoms with E-state index in [0.29, 0.717) is 40.6 Å². The number of H-pyrrole nitrogens is 1. The molecule has 2 saturated carbocycles. The number of nitrogens with zero attached hydrogens (tertiary/aromatic N) is 1. The molecule has 0 radical (unpaired) electrons. The van der Waals surface area contributed by atoms with Crippen LogP contribution in [0.2, 0.25) is 0 Å².